The van der Waals surface area contributed by atoms with Crippen molar-refractivity contribution in [3.63, 3.8) is 0 Å². The molecule has 0 bridgehead atoms. The summed E-state index contributed by atoms with van der Waals surface area (Å²) in [5, 5.41) is 8.02. The number of carboxylic acids is 1. The van der Waals surface area contributed by atoms with Crippen molar-refractivity contribution < 1.29 is 23.1 Å². The molecule has 0 radical (unpaired) electrons. The van der Waals surface area contributed by atoms with E-state index >= 15 is 0 Å². The molecule has 0 atom stereocenters. The smallest absolute Gasteiger partial charge is 0.379 e. The van der Waals surface area contributed by atoms with E-state index in [0.29, 0.717) is 6.26 Å². The Bertz CT molecular complexity index is 253. The van der Waals surface area contributed by atoms with Crippen LogP contribution in [0.25, 0.3) is 0 Å². The van der Waals surface area contributed by atoms with E-state index in [0.717, 1.165) is 12.3 Å². The number of hydrogen-bond donors (Lipinski definition) is 1. The predicted molar refractivity (Wildman–Crippen MR) is 30.2 cm³/mol. The lowest BCUT2D eigenvalue weighted by Crippen LogP contribution is -2.24. The van der Waals surface area contributed by atoms with E-state index in [9.17, 15) is 13.6 Å². The van der Waals surface area contributed by atoms with Crippen molar-refractivity contribution in [3.8, 4) is 0 Å². The van der Waals surface area contributed by atoms with Crippen molar-refractivity contribution in [2.24, 2.45) is 0 Å². The van der Waals surface area contributed by atoms with Gasteiger partial charge in [0, 0.05) is 0 Å². The van der Waals surface area contributed by atoms with Crippen LogP contribution in [0.3, 0.4) is 0 Å². The second kappa shape index (κ2) is 2.34. The molecule has 0 aliphatic heterocycles. The number of carboxylic acid groups (broad SMARTS) is 1. The first-order chi connectivity index (χ1) is 5.05. The molecule has 0 aromatic carbocycles. The number of aliphatic carboxylic acids is 1. The number of hydrogen-bond acceptors (Lipinski definition) is 2. The average Bonchev–Trinajstić information content (AvgIpc) is 2.37. The van der Waals surface area contributed by atoms with Gasteiger partial charge in [-0.25, -0.2) is 4.79 Å². The zero-order valence-electron chi connectivity index (χ0n) is 5.25. The molecule has 1 rings (SSSR count). The summed E-state index contributed by atoms with van der Waals surface area (Å²) in [7, 11) is 0. The number of halogens is 2. The van der Waals surface area contributed by atoms with Crippen LogP contribution in [-0.2, 0) is 10.7 Å². The van der Waals surface area contributed by atoms with Gasteiger partial charge in [-0.2, -0.15) is 8.78 Å². The molecule has 1 N–H and O–H groups in total. The van der Waals surface area contributed by atoms with Crippen LogP contribution >= 0.6 is 0 Å². The molecule has 5 heteroatoms. The zero-order chi connectivity index (χ0) is 8.48. The molecule has 0 aliphatic carbocycles. The Morgan fingerprint density at radius 3 is 2.64 bits per heavy atom. The fraction of sp³-hybridized carbons (Fsp3) is 0.167. The van der Waals surface area contributed by atoms with Crippen LogP contribution in [0.1, 0.15) is 5.56 Å². The van der Waals surface area contributed by atoms with Crippen LogP contribution in [-0.4, -0.2) is 11.1 Å². The fourth-order valence-electron chi connectivity index (χ4n) is 0.567. The second-order valence-corrected chi connectivity index (χ2v) is 1.89. The molecule has 0 fully saturated rings. The van der Waals surface area contributed by atoms with Gasteiger partial charge >= 0.3 is 11.9 Å². The van der Waals surface area contributed by atoms with E-state index in [-0.39, 0.29) is 0 Å². The molecule has 1 aromatic heterocycles. The number of rotatable bonds is 2. The highest BCUT2D eigenvalue weighted by Crippen LogP contribution is 2.27. The van der Waals surface area contributed by atoms with Gasteiger partial charge in [0.1, 0.15) is 6.26 Å². The van der Waals surface area contributed by atoms with E-state index < -0.39 is 17.5 Å². The van der Waals surface area contributed by atoms with Gasteiger partial charge in [0.05, 0.1) is 11.8 Å². The van der Waals surface area contributed by atoms with E-state index in [2.05, 4.69) is 4.42 Å². The minimum absolute atomic E-state index is 0.648. The van der Waals surface area contributed by atoms with Gasteiger partial charge in [-0.15, -0.1) is 0 Å². The third-order valence-corrected chi connectivity index (χ3v) is 1.15. The normalized spacial score (nSPS) is 11.5. The Morgan fingerprint density at radius 1 is 1.64 bits per heavy atom. The Morgan fingerprint density at radius 2 is 2.27 bits per heavy atom. The highest BCUT2D eigenvalue weighted by molar-refractivity contribution is 5.76. The van der Waals surface area contributed by atoms with Gasteiger partial charge in [-0.1, -0.05) is 0 Å². The van der Waals surface area contributed by atoms with Crippen LogP contribution in [0.15, 0.2) is 23.0 Å². The summed E-state index contributed by atoms with van der Waals surface area (Å²) in [6.07, 6.45) is 1.69. The largest absolute Gasteiger partial charge is 0.477 e. The first-order valence-corrected chi connectivity index (χ1v) is 2.69. The maximum absolute atomic E-state index is 12.5. The fourth-order valence-corrected chi connectivity index (χ4v) is 0.567. The third-order valence-electron chi connectivity index (χ3n) is 1.15. The van der Waals surface area contributed by atoms with Gasteiger partial charge in [-0.05, 0) is 6.07 Å². The maximum Gasteiger partial charge on any atom is 0.379 e. The molecule has 1 heterocycles. The number of alkyl halides is 2. The molecule has 0 unspecified atom stereocenters. The molecule has 3 nitrogen and oxygen atoms in total. The van der Waals surface area contributed by atoms with Gasteiger partial charge in [-0.3, -0.25) is 0 Å². The Kier molecular flexibility index (Phi) is 1.64. The monoisotopic (exact) mass is 162 g/mol. The molecular formula is C6H4F2O3. The Balaban J connectivity index is 3.00. The first kappa shape index (κ1) is 7.71. The minimum Gasteiger partial charge on any atom is -0.477 e. The molecule has 0 amide bonds. The van der Waals surface area contributed by atoms with Crippen molar-refractivity contribution in [2.75, 3.05) is 0 Å². The lowest BCUT2D eigenvalue weighted by molar-refractivity contribution is -0.166. The summed E-state index contributed by atoms with van der Waals surface area (Å²) in [6.45, 7) is 0. The van der Waals surface area contributed by atoms with Crippen LogP contribution in [0, 0.1) is 0 Å². The predicted octanol–water partition coefficient (Wildman–Crippen LogP) is 1.46. The zero-order valence-corrected chi connectivity index (χ0v) is 5.25. The standard InChI is InChI=1S/C6H4F2O3/c7-6(8,5(9)10)4-1-2-11-3-4/h1-3H,(H,9,10). The SMILES string of the molecule is O=C(O)C(F)(F)c1ccoc1. The number of carbonyl (C=O) groups is 1. The van der Waals surface area contributed by atoms with Crippen molar-refractivity contribution in [2.45, 2.75) is 5.92 Å². The maximum atomic E-state index is 12.5. The molecule has 11 heavy (non-hydrogen) atoms. The highest BCUT2D eigenvalue weighted by atomic mass is 19.3. The van der Waals surface area contributed by atoms with E-state index in [4.69, 9.17) is 5.11 Å². The highest BCUT2D eigenvalue weighted by Gasteiger charge is 2.41. The van der Waals surface area contributed by atoms with Gasteiger partial charge in [0.25, 0.3) is 0 Å². The van der Waals surface area contributed by atoms with Crippen molar-refractivity contribution in [1.29, 1.82) is 0 Å². The summed E-state index contributed by atoms with van der Waals surface area (Å²) in [6, 6.07) is 0.911. The van der Waals surface area contributed by atoms with Gasteiger partial charge in [0.2, 0.25) is 0 Å². The molecule has 0 saturated carbocycles. The van der Waals surface area contributed by atoms with E-state index in [1.165, 1.54) is 0 Å². The average molecular weight is 162 g/mol. The quantitative estimate of drug-likeness (QED) is 0.716. The first-order valence-electron chi connectivity index (χ1n) is 2.69. The molecule has 0 saturated heterocycles. The third kappa shape index (κ3) is 1.21. The Hall–Kier alpha value is -1.39. The van der Waals surface area contributed by atoms with E-state index in [1.807, 2.05) is 0 Å². The summed E-state index contributed by atoms with van der Waals surface area (Å²) in [5.74, 6) is -6.04. The van der Waals surface area contributed by atoms with Crippen LogP contribution in [0.4, 0.5) is 8.78 Å². The topological polar surface area (TPSA) is 50.4 Å². The molecule has 1 aromatic rings. The summed E-state index contributed by atoms with van der Waals surface area (Å²) in [4.78, 5) is 9.93. The van der Waals surface area contributed by atoms with E-state index in [1.54, 1.807) is 0 Å². The summed E-state index contributed by atoms with van der Waals surface area (Å²) >= 11 is 0. The molecule has 0 spiro atoms. The summed E-state index contributed by atoms with van der Waals surface area (Å²) < 4.78 is 29.2. The second-order valence-electron chi connectivity index (χ2n) is 1.89. The summed E-state index contributed by atoms with van der Waals surface area (Å²) in [5.41, 5.74) is -0.648. The Labute approximate surface area is 60.2 Å². The minimum atomic E-state index is -3.85. The molecule has 60 valence electrons. The van der Waals surface area contributed by atoms with Crippen LogP contribution in [0.2, 0.25) is 0 Å². The molecule has 0 aliphatic rings. The van der Waals surface area contributed by atoms with Gasteiger partial charge < -0.3 is 9.52 Å². The van der Waals surface area contributed by atoms with Crippen LogP contribution in [0.5, 0.6) is 0 Å². The number of furan rings is 1. The van der Waals surface area contributed by atoms with Crippen molar-refractivity contribution >= 4 is 5.97 Å². The van der Waals surface area contributed by atoms with Crippen molar-refractivity contribution in [3.05, 3.63) is 24.2 Å². The lowest BCUT2D eigenvalue weighted by Gasteiger charge is -2.06. The van der Waals surface area contributed by atoms with Gasteiger partial charge in [0.15, 0.2) is 0 Å². The van der Waals surface area contributed by atoms with Crippen molar-refractivity contribution in [1.82, 2.24) is 0 Å². The van der Waals surface area contributed by atoms with Crippen LogP contribution < -0.4 is 0 Å². The molecular weight excluding hydrogens is 158 g/mol. The lowest BCUT2D eigenvalue weighted by atomic mass is 10.2.